The first kappa shape index (κ1) is 23.4. The molecule has 130 valence electrons. The van der Waals surface area contributed by atoms with E-state index < -0.39 is 0 Å². The van der Waals surface area contributed by atoms with Gasteiger partial charge in [0.05, 0.1) is 5.57 Å². The molecule has 0 rings (SSSR count). The van der Waals surface area contributed by atoms with E-state index in [1.165, 1.54) is 0 Å². The molecule has 0 aliphatic rings. The highest BCUT2D eigenvalue weighted by Crippen LogP contribution is 2.11. The SMILES string of the molecule is C/C=C\C(=C/C=C(C)C)OC(=O)C(/C=C\C(C)C)=C/CC.CC. The lowest BCUT2D eigenvalue weighted by Crippen LogP contribution is -2.06. The average molecular weight is 319 g/mol. The molecule has 0 aromatic carbocycles. The summed E-state index contributed by atoms with van der Waals surface area (Å²) < 4.78 is 5.46. The van der Waals surface area contributed by atoms with Crippen molar-refractivity contribution in [3.8, 4) is 0 Å². The van der Waals surface area contributed by atoms with Gasteiger partial charge in [-0.2, -0.15) is 0 Å². The Balaban J connectivity index is 0. The predicted octanol–water partition coefficient (Wildman–Crippen LogP) is 6.53. The van der Waals surface area contributed by atoms with Crippen LogP contribution in [0.3, 0.4) is 0 Å². The minimum Gasteiger partial charge on any atom is -0.423 e. The third kappa shape index (κ3) is 13.5. The molecule has 0 saturated carbocycles. The van der Waals surface area contributed by atoms with Gasteiger partial charge in [-0.25, -0.2) is 4.79 Å². The molecule has 0 spiro atoms. The van der Waals surface area contributed by atoms with E-state index in [9.17, 15) is 4.79 Å². The van der Waals surface area contributed by atoms with Gasteiger partial charge in [-0.3, -0.25) is 0 Å². The molecule has 0 heterocycles. The summed E-state index contributed by atoms with van der Waals surface area (Å²) in [7, 11) is 0. The van der Waals surface area contributed by atoms with Gasteiger partial charge in [0.1, 0.15) is 5.76 Å². The van der Waals surface area contributed by atoms with Gasteiger partial charge in [-0.05, 0) is 45.3 Å². The van der Waals surface area contributed by atoms with Crippen LogP contribution in [0.5, 0.6) is 0 Å². The predicted molar refractivity (Wildman–Crippen MR) is 102 cm³/mol. The van der Waals surface area contributed by atoms with E-state index in [2.05, 4.69) is 13.8 Å². The second-order valence-electron chi connectivity index (χ2n) is 5.37. The third-order valence-electron chi connectivity index (χ3n) is 2.44. The Hall–Kier alpha value is -1.83. The summed E-state index contributed by atoms with van der Waals surface area (Å²) in [6.45, 7) is 16.0. The standard InChI is InChI=1S/C19H28O2.C2H6/c1-7-9-17(13-11-15(3)4)19(20)21-18(10-8-2)14-12-16(5)6;1-2/h8-15H,7H2,1-6H3;1-2H3/b10-8-,13-11-,17-9+,18-14+;. The first-order valence-corrected chi connectivity index (χ1v) is 8.49. The van der Waals surface area contributed by atoms with E-state index >= 15 is 0 Å². The normalized spacial score (nSPS) is 12.4. The van der Waals surface area contributed by atoms with Crippen molar-refractivity contribution in [3.05, 3.63) is 59.4 Å². The van der Waals surface area contributed by atoms with Crippen LogP contribution < -0.4 is 0 Å². The third-order valence-corrected chi connectivity index (χ3v) is 2.44. The number of hydrogen-bond donors (Lipinski definition) is 0. The smallest absolute Gasteiger partial charge is 0.343 e. The molecule has 0 N–H and O–H groups in total. The molecule has 0 aliphatic heterocycles. The van der Waals surface area contributed by atoms with Gasteiger partial charge < -0.3 is 4.74 Å². The molecular formula is C21H34O2. The number of hydrogen-bond acceptors (Lipinski definition) is 2. The highest BCUT2D eigenvalue weighted by molar-refractivity contribution is 5.92. The monoisotopic (exact) mass is 318 g/mol. The molecule has 0 aromatic heterocycles. The first-order valence-electron chi connectivity index (χ1n) is 8.49. The Labute approximate surface area is 143 Å². The van der Waals surface area contributed by atoms with Crippen LogP contribution in [0.25, 0.3) is 0 Å². The maximum Gasteiger partial charge on any atom is 0.343 e. The first-order chi connectivity index (χ1) is 10.9. The van der Waals surface area contributed by atoms with Crippen LogP contribution in [0, 0.1) is 5.92 Å². The molecule has 0 aliphatic carbocycles. The summed E-state index contributed by atoms with van der Waals surface area (Å²) >= 11 is 0. The maximum absolute atomic E-state index is 12.2. The van der Waals surface area contributed by atoms with E-state index in [1.54, 1.807) is 6.08 Å². The summed E-state index contributed by atoms with van der Waals surface area (Å²) in [6.07, 6.45) is 13.9. The molecular weight excluding hydrogens is 284 g/mol. The summed E-state index contributed by atoms with van der Waals surface area (Å²) in [4.78, 5) is 12.2. The van der Waals surface area contributed by atoms with E-state index in [-0.39, 0.29) is 5.97 Å². The van der Waals surface area contributed by atoms with Crippen molar-refractivity contribution in [2.45, 2.75) is 61.8 Å². The second kappa shape index (κ2) is 15.1. The highest BCUT2D eigenvalue weighted by atomic mass is 16.5. The van der Waals surface area contributed by atoms with Gasteiger partial charge in [0, 0.05) is 0 Å². The number of ether oxygens (including phenoxy) is 1. The van der Waals surface area contributed by atoms with Gasteiger partial charge in [0.2, 0.25) is 0 Å². The van der Waals surface area contributed by atoms with E-state index in [0.29, 0.717) is 17.3 Å². The molecule has 0 fully saturated rings. The van der Waals surface area contributed by atoms with Crippen LogP contribution in [0.15, 0.2) is 59.4 Å². The summed E-state index contributed by atoms with van der Waals surface area (Å²) in [5.41, 5.74) is 1.75. The molecule has 0 unspecified atom stereocenters. The van der Waals surface area contributed by atoms with Crippen LogP contribution in [-0.4, -0.2) is 5.97 Å². The van der Waals surface area contributed by atoms with Crippen molar-refractivity contribution in [1.29, 1.82) is 0 Å². The van der Waals surface area contributed by atoms with Gasteiger partial charge in [0.25, 0.3) is 0 Å². The molecule has 0 bridgehead atoms. The number of carbonyl (C=O) groups excluding carboxylic acids is 1. The lowest BCUT2D eigenvalue weighted by Gasteiger charge is -2.06. The van der Waals surface area contributed by atoms with E-state index in [4.69, 9.17) is 4.74 Å². The molecule has 0 amide bonds. The molecule has 0 radical (unpaired) electrons. The van der Waals surface area contributed by atoms with Gasteiger partial charge in [0.15, 0.2) is 0 Å². The molecule has 2 heteroatoms. The van der Waals surface area contributed by atoms with Crippen LogP contribution in [0.4, 0.5) is 0 Å². The zero-order valence-corrected chi connectivity index (χ0v) is 16.1. The number of carbonyl (C=O) groups is 1. The Kier molecular flexibility index (Phi) is 15.4. The lowest BCUT2D eigenvalue weighted by atomic mass is 10.1. The maximum atomic E-state index is 12.2. The highest BCUT2D eigenvalue weighted by Gasteiger charge is 2.09. The Morgan fingerprint density at radius 3 is 2.13 bits per heavy atom. The van der Waals surface area contributed by atoms with Gasteiger partial charge in [-0.15, -0.1) is 0 Å². The topological polar surface area (TPSA) is 26.3 Å². The van der Waals surface area contributed by atoms with Crippen molar-refractivity contribution in [1.82, 2.24) is 0 Å². The fraction of sp³-hybridized carbons (Fsp3) is 0.476. The Morgan fingerprint density at radius 1 is 1.09 bits per heavy atom. The minimum absolute atomic E-state index is 0.319. The molecule has 23 heavy (non-hydrogen) atoms. The summed E-state index contributed by atoms with van der Waals surface area (Å²) in [5.74, 6) is 0.623. The minimum atomic E-state index is -0.319. The van der Waals surface area contributed by atoms with Gasteiger partial charge in [-0.1, -0.05) is 70.6 Å². The van der Waals surface area contributed by atoms with Crippen LogP contribution in [-0.2, 0) is 9.53 Å². The van der Waals surface area contributed by atoms with Crippen LogP contribution in [0.2, 0.25) is 0 Å². The molecule has 0 saturated heterocycles. The lowest BCUT2D eigenvalue weighted by molar-refractivity contribution is -0.134. The van der Waals surface area contributed by atoms with E-state index in [0.717, 1.165) is 12.0 Å². The fourth-order valence-corrected chi connectivity index (χ4v) is 1.44. The zero-order chi connectivity index (χ0) is 18.3. The zero-order valence-electron chi connectivity index (χ0n) is 16.1. The summed E-state index contributed by atoms with van der Waals surface area (Å²) in [6, 6.07) is 0. The second-order valence-corrected chi connectivity index (χ2v) is 5.37. The van der Waals surface area contributed by atoms with E-state index in [1.807, 2.05) is 78.0 Å². The average Bonchev–Trinajstić information content (AvgIpc) is 2.50. The van der Waals surface area contributed by atoms with Crippen molar-refractivity contribution in [3.63, 3.8) is 0 Å². The number of rotatable bonds is 7. The van der Waals surface area contributed by atoms with Gasteiger partial charge >= 0.3 is 5.97 Å². The van der Waals surface area contributed by atoms with Crippen LogP contribution in [0.1, 0.15) is 61.8 Å². The van der Waals surface area contributed by atoms with Crippen LogP contribution >= 0.6 is 0 Å². The van der Waals surface area contributed by atoms with Crippen molar-refractivity contribution >= 4 is 5.97 Å². The molecule has 0 atom stereocenters. The number of esters is 1. The Morgan fingerprint density at radius 2 is 1.70 bits per heavy atom. The largest absolute Gasteiger partial charge is 0.423 e. The molecule has 2 nitrogen and oxygen atoms in total. The number of allylic oxidation sites excluding steroid dienone is 7. The quantitative estimate of drug-likeness (QED) is 0.231. The van der Waals surface area contributed by atoms with Crippen molar-refractivity contribution in [2.75, 3.05) is 0 Å². The Bertz CT molecular complexity index is 468. The fourth-order valence-electron chi connectivity index (χ4n) is 1.44. The summed E-state index contributed by atoms with van der Waals surface area (Å²) in [5, 5.41) is 0. The molecule has 0 aromatic rings. The van der Waals surface area contributed by atoms with Crippen molar-refractivity contribution < 1.29 is 9.53 Å². The van der Waals surface area contributed by atoms with Crippen molar-refractivity contribution in [2.24, 2.45) is 5.92 Å².